The van der Waals surface area contributed by atoms with E-state index in [9.17, 15) is 25.2 Å². The van der Waals surface area contributed by atoms with Crippen molar-refractivity contribution in [2.24, 2.45) is 0 Å². The van der Waals surface area contributed by atoms with Gasteiger partial charge in [0, 0.05) is 39.3 Å². The molecule has 0 spiro atoms. The molecule has 0 aliphatic carbocycles. The fraction of sp³-hybridized carbons (Fsp3) is 0.667. The Labute approximate surface area is 177 Å². The van der Waals surface area contributed by atoms with Crippen molar-refractivity contribution in [3.05, 3.63) is 30.3 Å². The zero-order valence-electron chi connectivity index (χ0n) is 18.5. The zero-order valence-corrected chi connectivity index (χ0v) is 20.3. The molecule has 0 heterocycles. The molecule has 0 radical (unpaired) electrons. The second-order valence-electron chi connectivity index (χ2n) is 6.29. The van der Waals surface area contributed by atoms with Gasteiger partial charge in [-0.1, -0.05) is 18.2 Å². The predicted molar refractivity (Wildman–Crippen MR) is 116 cm³/mol. The van der Waals surface area contributed by atoms with Crippen LogP contribution in [0.3, 0.4) is 0 Å². The zero-order chi connectivity index (χ0) is 23.7. The Morgan fingerprint density at radius 3 is 1.13 bits per heavy atom. The molecular weight excluding hydrogens is 450 g/mol. The molecule has 180 valence electrons. The van der Waals surface area contributed by atoms with Gasteiger partial charge in [-0.25, -0.2) is 0 Å². The first-order valence-corrected chi connectivity index (χ1v) is 13.6. The third-order valence-corrected chi connectivity index (χ3v) is 8.63. The molecule has 0 fully saturated rings. The average molecular weight is 485 g/mol. The Kier molecular flexibility index (Phi) is 10.5. The molecule has 0 bridgehead atoms. The van der Waals surface area contributed by atoms with Crippen molar-refractivity contribution in [3.63, 3.8) is 0 Å². The number of hydrogen-bond donors (Lipinski definition) is 0. The monoisotopic (exact) mass is 485 g/mol. The quantitative estimate of drug-likeness (QED) is 0.233. The Hall–Kier alpha value is -0.660. The molecule has 0 saturated carbocycles. The van der Waals surface area contributed by atoms with Crippen molar-refractivity contribution in [1.29, 1.82) is 0 Å². The average Bonchev–Trinajstić information content (AvgIpc) is 2.63. The van der Waals surface area contributed by atoms with E-state index in [1.807, 2.05) is 6.07 Å². The van der Waals surface area contributed by atoms with Gasteiger partial charge in [0.2, 0.25) is 0 Å². The van der Waals surface area contributed by atoms with E-state index in [2.05, 4.69) is 79.8 Å². The molecule has 0 unspecified atom stereocenters. The summed E-state index contributed by atoms with van der Waals surface area (Å²) >= 11 is 0. The van der Waals surface area contributed by atoms with Crippen LogP contribution in [0, 0.1) is 0 Å². The van der Waals surface area contributed by atoms with Crippen molar-refractivity contribution in [2.45, 2.75) is 41.5 Å². The fourth-order valence-corrected chi connectivity index (χ4v) is 7.14. The number of rotatable bonds is 11. The molecule has 0 saturated heterocycles. The Balaban J connectivity index is 0.00000103. The van der Waals surface area contributed by atoms with Crippen LogP contribution >= 0.6 is 15.8 Å². The Bertz CT molecular complexity index is 564. The molecule has 0 aliphatic rings. The summed E-state index contributed by atoms with van der Waals surface area (Å²) in [6.07, 6.45) is 0. The Morgan fingerprint density at radius 1 is 0.633 bits per heavy atom. The summed E-state index contributed by atoms with van der Waals surface area (Å²) in [6.45, 7) is 19.4. The number of halogens is 6. The van der Waals surface area contributed by atoms with Crippen LogP contribution in [0.15, 0.2) is 30.3 Å². The SMILES string of the molecule is CCN(CC)[P+](Oc1ccccc1)(N(CC)CC)N(CC)CC.F[P-](F)(F)(F)(F)F. The molecule has 1 aromatic carbocycles. The van der Waals surface area contributed by atoms with E-state index in [-0.39, 0.29) is 0 Å². The van der Waals surface area contributed by atoms with Crippen LogP contribution in [0.1, 0.15) is 41.5 Å². The molecule has 0 aliphatic heterocycles. The minimum atomic E-state index is -10.7. The summed E-state index contributed by atoms with van der Waals surface area (Å²) in [5, 5.41) is 0. The number of hydrogen-bond acceptors (Lipinski definition) is 4. The van der Waals surface area contributed by atoms with Gasteiger partial charge >= 0.3 is 40.9 Å². The summed E-state index contributed by atoms with van der Waals surface area (Å²) in [6, 6.07) is 10.3. The van der Waals surface area contributed by atoms with E-state index >= 15 is 0 Å². The second kappa shape index (κ2) is 10.8. The third kappa shape index (κ3) is 10.6. The van der Waals surface area contributed by atoms with Gasteiger partial charge in [-0.15, -0.1) is 14.0 Å². The third-order valence-electron chi connectivity index (χ3n) is 4.27. The maximum atomic E-state index is 9.87. The van der Waals surface area contributed by atoms with Crippen molar-refractivity contribution >= 4 is 15.8 Å². The van der Waals surface area contributed by atoms with Crippen LogP contribution in [-0.4, -0.2) is 53.3 Å². The maximum absolute atomic E-state index is 10.7. The molecule has 4 nitrogen and oxygen atoms in total. The first-order chi connectivity index (χ1) is 13.6. The predicted octanol–water partition coefficient (Wildman–Crippen LogP) is 8.15. The molecule has 1 rings (SSSR count). The van der Waals surface area contributed by atoms with Gasteiger partial charge < -0.3 is 0 Å². The fourth-order valence-electron chi connectivity index (χ4n) is 3.11. The second-order valence-corrected chi connectivity index (χ2v) is 11.1. The molecule has 0 aromatic heterocycles. The van der Waals surface area contributed by atoms with Crippen LogP contribution < -0.4 is 4.52 Å². The molecule has 1 aromatic rings. The summed E-state index contributed by atoms with van der Waals surface area (Å²) in [4.78, 5) is 0. The molecule has 0 amide bonds. The van der Waals surface area contributed by atoms with Gasteiger partial charge in [-0.2, -0.15) is 0 Å². The summed E-state index contributed by atoms with van der Waals surface area (Å²) in [5.41, 5.74) is 0. The van der Waals surface area contributed by atoms with Gasteiger partial charge in [0.1, 0.15) is 0 Å². The number of para-hydroxylation sites is 1. The van der Waals surface area contributed by atoms with E-state index in [4.69, 9.17) is 4.52 Å². The molecule has 30 heavy (non-hydrogen) atoms. The number of nitrogens with zero attached hydrogens (tertiary/aromatic N) is 3. The first-order valence-electron chi connectivity index (χ1n) is 10.1. The van der Waals surface area contributed by atoms with Crippen molar-refractivity contribution < 1.29 is 29.7 Å². The van der Waals surface area contributed by atoms with Crippen molar-refractivity contribution in [2.75, 3.05) is 39.3 Å². The van der Waals surface area contributed by atoms with E-state index < -0.39 is 15.8 Å². The van der Waals surface area contributed by atoms with Crippen molar-refractivity contribution in [1.82, 2.24) is 14.0 Å². The van der Waals surface area contributed by atoms with E-state index in [1.54, 1.807) is 0 Å². The van der Waals surface area contributed by atoms with Gasteiger partial charge in [0.25, 0.3) is 0 Å². The van der Waals surface area contributed by atoms with Crippen LogP contribution in [0.2, 0.25) is 0 Å². The molecule has 0 atom stereocenters. The van der Waals surface area contributed by atoms with Crippen LogP contribution in [0.25, 0.3) is 0 Å². The van der Waals surface area contributed by atoms with Crippen LogP contribution in [0.4, 0.5) is 25.2 Å². The topological polar surface area (TPSA) is 19.0 Å². The Morgan fingerprint density at radius 2 is 0.900 bits per heavy atom. The van der Waals surface area contributed by atoms with Gasteiger partial charge in [0.15, 0.2) is 5.75 Å². The van der Waals surface area contributed by atoms with Crippen LogP contribution in [0.5, 0.6) is 5.75 Å². The first kappa shape index (κ1) is 29.3. The van der Waals surface area contributed by atoms with E-state index in [1.165, 1.54) is 0 Å². The van der Waals surface area contributed by atoms with Gasteiger partial charge in [0.05, 0.1) is 0 Å². The summed E-state index contributed by atoms with van der Waals surface area (Å²) in [7, 11) is -12.7. The summed E-state index contributed by atoms with van der Waals surface area (Å²) in [5.74, 6) is 0.964. The van der Waals surface area contributed by atoms with Gasteiger partial charge in [-0.05, 0) is 53.7 Å². The summed E-state index contributed by atoms with van der Waals surface area (Å²) < 4.78 is 73.6. The van der Waals surface area contributed by atoms with E-state index in [0.29, 0.717) is 0 Å². The van der Waals surface area contributed by atoms with E-state index in [0.717, 1.165) is 45.0 Å². The molecule has 0 N–H and O–H groups in total. The molecular formula is C18H35F6N3OP2. The van der Waals surface area contributed by atoms with Crippen molar-refractivity contribution in [3.8, 4) is 5.75 Å². The standard InChI is InChI=1S/C18H35N3OP.F6P/c1-7-19(8-2)23(20(9-3)10-4,21(11-5)12-6)22-18-16-14-13-15-17-18;1-7(2,3,4,5)6/h13-17H,7-12H2,1-6H3;/q+1;-1. The van der Waals surface area contributed by atoms with Gasteiger partial charge in [-0.3, -0.25) is 4.52 Å². The molecule has 12 heteroatoms. The number of benzene rings is 1. The normalized spacial score (nSPS) is 14.9. The minimum absolute atomic E-state index is 0.964. The van der Waals surface area contributed by atoms with Crippen LogP contribution in [-0.2, 0) is 0 Å².